The van der Waals surface area contributed by atoms with Crippen LogP contribution in [0.1, 0.15) is 47.4 Å². The molecule has 2 aliphatic rings. The summed E-state index contributed by atoms with van der Waals surface area (Å²) in [6.45, 7) is -0.0962. The molecule has 2 aliphatic heterocycles. The molecule has 5 heterocycles. The van der Waals surface area contributed by atoms with Gasteiger partial charge in [0.05, 0.1) is 18.8 Å². The highest BCUT2D eigenvalue weighted by Crippen LogP contribution is 2.33. The molecule has 5 rings (SSSR count). The number of carbonyl (C=O) groups excluding carboxylic acids is 3. The smallest absolute Gasteiger partial charge is 0.329 e. The summed E-state index contributed by atoms with van der Waals surface area (Å²) in [5.74, 6) is -0.249. The molecule has 2 amide bonds. The zero-order valence-electron chi connectivity index (χ0n) is 17.6. The van der Waals surface area contributed by atoms with Gasteiger partial charge in [0.15, 0.2) is 12.4 Å². The van der Waals surface area contributed by atoms with Gasteiger partial charge in [-0.25, -0.2) is 9.80 Å². The molecule has 1 unspecified atom stereocenters. The van der Waals surface area contributed by atoms with Gasteiger partial charge in [0, 0.05) is 13.0 Å². The van der Waals surface area contributed by atoms with Crippen LogP contribution in [0.25, 0.3) is 0 Å². The largest absolute Gasteiger partial charge is 0.467 e. The van der Waals surface area contributed by atoms with Crippen LogP contribution in [0.5, 0.6) is 0 Å². The van der Waals surface area contributed by atoms with Gasteiger partial charge >= 0.3 is 5.97 Å². The zero-order chi connectivity index (χ0) is 22.8. The Morgan fingerprint density at radius 1 is 1.03 bits per heavy atom. The van der Waals surface area contributed by atoms with Crippen LogP contribution in [-0.2, 0) is 14.3 Å². The quantitative estimate of drug-likeness (QED) is 0.529. The molecule has 0 bridgehead atoms. The van der Waals surface area contributed by atoms with Crippen molar-refractivity contribution in [1.82, 2.24) is 9.91 Å². The molecule has 3 aromatic heterocycles. The van der Waals surface area contributed by atoms with Gasteiger partial charge in [-0.3, -0.25) is 9.59 Å². The number of ether oxygens (including phenoxy) is 1. The van der Waals surface area contributed by atoms with E-state index < -0.39 is 30.6 Å². The number of furan rings is 3. The van der Waals surface area contributed by atoms with Crippen molar-refractivity contribution >= 4 is 23.5 Å². The average molecular weight is 451 g/mol. The number of hydrogen-bond donors (Lipinski definition) is 0. The van der Waals surface area contributed by atoms with Gasteiger partial charge in [0.25, 0.3) is 11.8 Å². The summed E-state index contributed by atoms with van der Waals surface area (Å²) in [5, 5.41) is 5.65. The molecule has 0 radical (unpaired) electrons. The number of amides is 2. The molecule has 0 aliphatic carbocycles. The van der Waals surface area contributed by atoms with E-state index in [1.165, 1.54) is 28.7 Å². The van der Waals surface area contributed by atoms with Crippen LogP contribution in [0.2, 0.25) is 0 Å². The minimum Gasteiger partial charge on any atom is -0.467 e. The number of likely N-dealkylation sites (tertiary alicyclic amines) is 1. The van der Waals surface area contributed by atoms with Crippen LogP contribution >= 0.6 is 0 Å². The van der Waals surface area contributed by atoms with E-state index in [-0.39, 0.29) is 11.7 Å². The highest BCUT2D eigenvalue weighted by Gasteiger charge is 2.39. The average Bonchev–Trinajstić information content (AvgIpc) is 3.63. The van der Waals surface area contributed by atoms with E-state index in [1.54, 1.807) is 36.4 Å². The molecular weight excluding hydrogens is 430 g/mol. The summed E-state index contributed by atoms with van der Waals surface area (Å²) in [5.41, 5.74) is 0.590. The first-order chi connectivity index (χ1) is 16.1. The maximum Gasteiger partial charge on any atom is 0.329 e. The molecule has 10 nitrogen and oxygen atoms in total. The number of nitrogens with zero attached hydrogens (tertiary/aromatic N) is 3. The number of esters is 1. The van der Waals surface area contributed by atoms with Crippen LogP contribution in [-0.4, -0.2) is 52.6 Å². The molecule has 3 aromatic rings. The fourth-order valence-electron chi connectivity index (χ4n) is 4.13. The third-order valence-corrected chi connectivity index (χ3v) is 5.70. The fraction of sp³-hybridized carbons (Fsp3) is 0.304. The second-order valence-corrected chi connectivity index (χ2v) is 7.74. The van der Waals surface area contributed by atoms with Crippen molar-refractivity contribution in [3.8, 4) is 0 Å². The molecule has 170 valence electrons. The monoisotopic (exact) mass is 451 g/mol. The van der Waals surface area contributed by atoms with Crippen molar-refractivity contribution in [2.75, 3.05) is 13.2 Å². The molecule has 1 fully saturated rings. The van der Waals surface area contributed by atoms with Crippen molar-refractivity contribution < 1.29 is 32.4 Å². The van der Waals surface area contributed by atoms with E-state index in [1.807, 2.05) is 0 Å². The minimum absolute atomic E-state index is 0.156. The Hall–Kier alpha value is -4.08. The van der Waals surface area contributed by atoms with Crippen LogP contribution < -0.4 is 0 Å². The first-order valence-electron chi connectivity index (χ1n) is 10.6. The van der Waals surface area contributed by atoms with E-state index in [9.17, 15) is 14.4 Å². The Kier molecular flexibility index (Phi) is 5.55. The van der Waals surface area contributed by atoms with Crippen molar-refractivity contribution in [1.29, 1.82) is 0 Å². The number of carbonyl (C=O) groups is 3. The predicted octanol–water partition coefficient (Wildman–Crippen LogP) is 2.99. The number of hydrogen-bond acceptors (Lipinski definition) is 8. The van der Waals surface area contributed by atoms with E-state index in [0.717, 1.165) is 0 Å². The van der Waals surface area contributed by atoms with Gasteiger partial charge in [0.1, 0.15) is 29.3 Å². The molecule has 1 saturated heterocycles. The highest BCUT2D eigenvalue weighted by atomic mass is 16.5. The summed E-state index contributed by atoms with van der Waals surface area (Å²) < 4.78 is 21.4. The highest BCUT2D eigenvalue weighted by molar-refractivity contribution is 6.01. The SMILES string of the molecule is O=C(OCC(=O)N1N=C(c2ccco2)CC1c1ccco1)[C@@H]1CCCN1C(=O)c1ccco1. The molecule has 2 atom stereocenters. The van der Waals surface area contributed by atoms with Crippen LogP contribution in [0, 0.1) is 0 Å². The standard InChI is InChI=1S/C23H21N3O7/c27-21(14-33-23(29)16-5-1-9-25(16)22(28)20-8-4-12-32-20)26-17(19-7-3-11-31-19)13-15(24-26)18-6-2-10-30-18/h2-4,6-8,10-12,16-17H,1,5,9,13-14H2/t16-,17?/m0/s1. The zero-order valence-corrected chi connectivity index (χ0v) is 17.6. The fourth-order valence-corrected chi connectivity index (χ4v) is 4.13. The predicted molar refractivity (Wildman–Crippen MR) is 112 cm³/mol. The number of hydrazone groups is 1. The van der Waals surface area contributed by atoms with E-state index in [4.69, 9.17) is 18.0 Å². The second-order valence-electron chi connectivity index (χ2n) is 7.74. The lowest BCUT2D eigenvalue weighted by atomic mass is 10.1. The van der Waals surface area contributed by atoms with E-state index in [2.05, 4.69) is 5.10 Å². The molecule has 0 spiro atoms. The van der Waals surface area contributed by atoms with Crippen molar-refractivity contribution in [3.63, 3.8) is 0 Å². The lowest BCUT2D eigenvalue weighted by Crippen LogP contribution is -2.42. The Balaban J connectivity index is 1.26. The van der Waals surface area contributed by atoms with Gasteiger partial charge in [0.2, 0.25) is 0 Å². The summed E-state index contributed by atoms with van der Waals surface area (Å²) in [4.78, 5) is 39.7. The molecule has 33 heavy (non-hydrogen) atoms. The minimum atomic E-state index is -0.767. The van der Waals surface area contributed by atoms with E-state index in [0.29, 0.717) is 43.0 Å². The van der Waals surface area contributed by atoms with Crippen molar-refractivity contribution in [2.45, 2.75) is 31.3 Å². The molecule has 10 heteroatoms. The van der Waals surface area contributed by atoms with Crippen molar-refractivity contribution in [3.05, 3.63) is 72.5 Å². The van der Waals surface area contributed by atoms with Crippen LogP contribution in [0.3, 0.4) is 0 Å². The lowest BCUT2D eigenvalue weighted by Gasteiger charge is -2.23. The number of rotatable bonds is 6. The Morgan fingerprint density at radius 2 is 1.82 bits per heavy atom. The lowest BCUT2D eigenvalue weighted by molar-refractivity contribution is -0.156. The molecule has 0 N–H and O–H groups in total. The van der Waals surface area contributed by atoms with Crippen LogP contribution in [0.4, 0.5) is 0 Å². The summed E-state index contributed by atoms with van der Waals surface area (Å²) in [6, 6.07) is 8.90. The van der Waals surface area contributed by atoms with Gasteiger partial charge in [-0.1, -0.05) is 0 Å². The second kappa shape index (κ2) is 8.81. The van der Waals surface area contributed by atoms with Gasteiger partial charge < -0.3 is 22.9 Å². The van der Waals surface area contributed by atoms with E-state index >= 15 is 0 Å². The summed E-state index contributed by atoms with van der Waals surface area (Å²) >= 11 is 0. The summed E-state index contributed by atoms with van der Waals surface area (Å²) in [6.07, 6.45) is 5.96. The Bertz CT molecular complexity index is 1150. The van der Waals surface area contributed by atoms with Gasteiger partial charge in [-0.2, -0.15) is 5.10 Å². The maximum atomic E-state index is 13.0. The molecule has 0 saturated carbocycles. The Morgan fingerprint density at radius 3 is 2.55 bits per heavy atom. The van der Waals surface area contributed by atoms with Crippen LogP contribution in [0.15, 0.2) is 73.5 Å². The maximum absolute atomic E-state index is 13.0. The first kappa shape index (κ1) is 20.8. The Labute approximate surface area is 188 Å². The third-order valence-electron chi connectivity index (χ3n) is 5.70. The van der Waals surface area contributed by atoms with Gasteiger partial charge in [-0.05, 0) is 49.2 Å². The topological polar surface area (TPSA) is 119 Å². The normalized spacial score (nSPS) is 20.2. The first-order valence-corrected chi connectivity index (χ1v) is 10.6. The molecular formula is C23H21N3O7. The molecule has 0 aromatic carbocycles. The summed E-state index contributed by atoms with van der Waals surface area (Å²) in [7, 11) is 0. The van der Waals surface area contributed by atoms with Gasteiger partial charge in [-0.15, -0.1) is 0 Å². The van der Waals surface area contributed by atoms with Crippen molar-refractivity contribution in [2.24, 2.45) is 5.10 Å². The third kappa shape index (κ3) is 4.07.